The lowest BCUT2D eigenvalue weighted by atomic mass is 9.89. The molecular formula is C18H36N2O. The van der Waals surface area contributed by atoms with Crippen molar-refractivity contribution in [2.75, 3.05) is 39.3 Å². The summed E-state index contributed by atoms with van der Waals surface area (Å²) in [5.74, 6) is 0.421. The number of hydrogen-bond donors (Lipinski definition) is 0. The van der Waals surface area contributed by atoms with Crippen molar-refractivity contribution < 1.29 is 4.79 Å². The Hall–Kier alpha value is -0.410. The maximum absolute atomic E-state index is 11.9. The van der Waals surface area contributed by atoms with Crippen LogP contribution in [0.25, 0.3) is 0 Å². The van der Waals surface area contributed by atoms with Crippen LogP contribution in [0.4, 0.5) is 0 Å². The van der Waals surface area contributed by atoms with E-state index >= 15 is 0 Å². The van der Waals surface area contributed by atoms with E-state index in [-0.39, 0.29) is 5.41 Å². The molecule has 1 saturated heterocycles. The van der Waals surface area contributed by atoms with Crippen LogP contribution in [0.1, 0.15) is 66.2 Å². The van der Waals surface area contributed by atoms with Crippen molar-refractivity contribution in [2.24, 2.45) is 5.41 Å². The maximum Gasteiger partial charge on any atom is 0.134 e. The summed E-state index contributed by atoms with van der Waals surface area (Å²) >= 11 is 0. The number of carbonyl (C=O) groups is 1. The molecule has 0 amide bonds. The number of ketones is 1. The number of carbonyl (C=O) groups excluding carboxylic acids is 1. The summed E-state index contributed by atoms with van der Waals surface area (Å²) < 4.78 is 0. The van der Waals surface area contributed by atoms with E-state index in [2.05, 4.69) is 37.5 Å². The first-order valence-corrected chi connectivity index (χ1v) is 8.87. The summed E-state index contributed by atoms with van der Waals surface area (Å²) in [7, 11) is 0. The van der Waals surface area contributed by atoms with Gasteiger partial charge in [0.15, 0.2) is 0 Å². The molecule has 0 aromatic carbocycles. The molecule has 0 N–H and O–H groups in total. The van der Waals surface area contributed by atoms with Gasteiger partial charge in [0.1, 0.15) is 5.78 Å². The lowest BCUT2D eigenvalue weighted by Crippen LogP contribution is -2.47. The van der Waals surface area contributed by atoms with Gasteiger partial charge < -0.3 is 9.80 Å². The molecule has 0 aliphatic carbocycles. The molecule has 1 aliphatic rings. The van der Waals surface area contributed by atoms with E-state index in [4.69, 9.17) is 0 Å². The van der Waals surface area contributed by atoms with E-state index in [1.807, 2.05) is 0 Å². The van der Waals surface area contributed by atoms with E-state index < -0.39 is 0 Å². The molecule has 3 nitrogen and oxygen atoms in total. The predicted molar refractivity (Wildman–Crippen MR) is 90.7 cm³/mol. The zero-order valence-electron chi connectivity index (χ0n) is 14.8. The molecule has 0 atom stereocenters. The van der Waals surface area contributed by atoms with Crippen LogP contribution < -0.4 is 0 Å². The standard InChI is InChI=1S/C18H36N2O/c1-5-6-7-8-10-19-12-14-20(15-13-19)11-9-17(21)16-18(2,3)4/h5-16H2,1-4H3. The van der Waals surface area contributed by atoms with Gasteiger partial charge in [-0.3, -0.25) is 4.79 Å². The molecule has 0 aromatic heterocycles. The van der Waals surface area contributed by atoms with Crippen LogP contribution in [0.3, 0.4) is 0 Å². The first-order chi connectivity index (χ1) is 9.90. The van der Waals surface area contributed by atoms with Gasteiger partial charge in [0.25, 0.3) is 0 Å². The van der Waals surface area contributed by atoms with Gasteiger partial charge in [-0.25, -0.2) is 0 Å². The van der Waals surface area contributed by atoms with Crippen molar-refractivity contribution in [3.63, 3.8) is 0 Å². The molecule has 0 spiro atoms. The van der Waals surface area contributed by atoms with Crippen LogP contribution in [0.2, 0.25) is 0 Å². The van der Waals surface area contributed by atoms with Crippen molar-refractivity contribution in [1.82, 2.24) is 9.80 Å². The monoisotopic (exact) mass is 296 g/mol. The van der Waals surface area contributed by atoms with E-state index in [1.165, 1.54) is 45.3 Å². The Labute approximate surface area is 132 Å². The van der Waals surface area contributed by atoms with Crippen molar-refractivity contribution >= 4 is 5.78 Å². The molecule has 0 unspecified atom stereocenters. The molecule has 0 aromatic rings. The zero-order valence-corrected chi connectivity index (χ0v) is 14.8. The lowest BCUT2D eigenvalue weighted by molar-refractivity contribution is -0.121. The first kappa shape index (κ1) is 18.6. The van der Waals surface area contributed by atoms with E-state index in [9.17, 15) is 4.79 Å². The van der Waals surface area contributed by atoms with Gasteiger partial charge in [-0.15, -0.1) is 0 Å². The second-order valence-corrected chi connectivity index (χ2v) is 7.77. The summed E-state index contributed by atoms with van der Waals surface area (Å²) in [6.45, 7) is 15.5. The second-order valence-electron chi connectivity index (χ2n) is 7.77. The summed E-state index contributed by atoms with van der Waals surface area (Å²) in [5.41, 5.74) is 0.133. The fraction of sp³-hybridized carbons (Fsp3) is 0.944. The van der Waals surface area contributed by atoms with Gasteiger partial charge in [-0.05, 0) is 18.4 Å². The highest BCUT2D eigenvalue weighted by atomic mass is 16.1. The quantitative estimate of drug-likeness (QED) is 0.608. The Bertz CT molecular complexity index is 288. The largest absolute Gasteiger partial charge is 0.301 e. The molecule has 0 bridgehead atoms. The topological polar surface area (TPSA) is 23.6 Å². The van der Waals surface area contributed by atoms with Gasteiger partial charge >= 0.3 is 0 Å². The van der Waals surface area contributed by atoms with E-state index in [1.54, 1.807) is 0 Å². The summed E-state index contributed by atoms with van der Waals surface area (Å²) in [6.07, 6.45) is 6.85. The van der Waals surface area contributed by atoms with Gasteiger partial charge in [0.2, 0.25) is 0 Å². The minimum Gasteiger partial charge on any atom is -0.301 e. The van der Waals surface area contributed by atoms with Crippen LogP contribution in [-0.4, -0.2) is 54.9 Å². The second kappa shape index (κ2) is 9.58. The Morgan fingerprint density at radius 1 is 0.905 bits per heavy atom. The normalized spacial score (nSPS) is 18.1. The fourth-order valence-electron chi connectivity index (χ4n) is 2.96. The number of hydrogen-bond acceptors (Lipinski definition) is 3. The van der Waals surface area contributed by atoms with Gasteiger partial charge in [0, 0.05) is 45.6 Å². The number of piperazine rings is 1. The fourth-order valence-corrected chi connectivity index (χ4v) is 2.96. The van der Waals surface area contributed by atoms with E-state index in [0.717, 1.165) is 26.1 Å². The highest BCUT2D eigenvalue weighted by molar-refractivity contribution is 5.79. The Balaban J connectivity index is 2.09. The molecule has 1 heterocycles. The van der Waals surface area contributed by atoms with Crippen LogP contribution in [0.15, 0.2) is 0 Å². The molecule has 21 heavy (non-hydrogen) atoms. The third-order valence-electron chi connectivity index (χ3n) is 4.23. The summed E-state index contributed by atoms with van der Waals surface area (Å²) in [5, 5.41) is 0. The number of rotatable bonds is 9. The van der Waals surface area contributed by atoms with Crippen molar-refractivity contribution in [2.45, 2.75) is 66.2 Å². The molecule has 1 rings (SSSR count). The maximum atomic E-state index is 11.9. The third kappa shape index (κ3) is 9.26. The number of Topliss-reactive ketones (excluding diaryl/α,β-unsaturated/α-hetero) is 1. The molecule has 1 fully saturated rings. The van der Waals surface area contributed by atoms with Gasteiger partial charge in [0.05, 0.1) is 0 Å². The average Bonchev–Trinajstić information content (AvgIpc) is 2.41. The summed E-state index contributed by atoms with van der Waals surface area (Å²) in [4.78, 5) is 17.0. The van der Waals surface area contributed by atoms with Crippen LogP contribution in [0.5, 0.6) is 0 Å². The zero-order chi connectivity index (χ0) is 15.7. The lowest BCUT2D eigenvalue weighted by Gasteiger charge is -2.34. The number of nitrogens with zero attached hydrogens (tertiary/aromatic N) is 2. The first-order valence-electron chi connectivity index (χ1n) is 8.87. The average molecular weight is 296 g/mol. The highest BCUT2D eigenvalue weighted by Crippen LogP contribution is 2.19. The smallest absolute Gasteiger partial charge is 0.134 e. The SMILES string of the molecule is CCCCCCN1CCN(CCC(=O)CC(C)(C)C)CC1. The van der Waals surface area contributed by atoms with Gasteiger partial charge in [-0.2, -0.15) is 0 Å². The van der Waals surface area contributed by atoms with Crippen LogP contribution in [-0.2, 0) is 4.79 Å². The third-order valence-corrected chi connectivity index (χ3v) is 4.23. The van der Waals surface area contributed by atoms with Crippen molar-refractivity contribution in [1.29, 1.82) is 0 Å². The highest BCUT2D eigenvalue weighted by Gasteiger charge is 2.19. The van der Waals surface area contributed by atoms with Gasteiger partial charge in [-0.1, -0.05) is 47.0 Å². The Morgan fingerprint density at radius 2 is 1.48 bits per heavy atom. The predicted octanol–water partition coefficient (Wildman–Crippen LogP) is 3.58. The van der Waals surface area contributed by atoms with Crippen LogP contribution >= 0.6 is 0 Å². The molecule has 1 aliphatic heterocycles. The van der Waals surface area contributed by atoms with Crippen molar-refractivity contribution in [3.05, 3.63) is 0 Å². The molecule has 124 valence electrons. The number of unbranched alkanes of at least 4 members (excludes halogenated alkanes) is 3. The van der Waals surface area contributed by atoms with Crippen molar-refractivity contribution in [3.8, 4) is 0 Å². The van der Waals surface area contributed by atoms with Crippen LogP contribution in [0, 0.1) is 5.41 Å². The molecular weight excluding hydrogens is 260 g/mol. The Morgan fingerprint density at radius 3 is 2.00 bits per heavy atom. The Kier molecular flexibility index (Phi) is 8.50. The van der Waals surface area contributed by atoms with E-state index in [0.29, 0.717) is 12.2 Å². The minimum absolute atomic E-state index is 0.133. The molecule has 0 radical (unpaired) electrons. The molecule has 3 heteroatoms. The minimum atomic E-state index is 0.133. The molecule has 0 saturated carbocycles. The summed E-state index contributed by atoms with van der Waals surface area (Å²) in [6, 6.07) is 0.